The molecule has 0 aliphatic heterocycles. The van der Waals surface area contributed by atoms with Crippen molar-refractivity contribution >= 4 is 23.3 Å². The summed E-state index contributed by atoms with van der Waals surface area (Å²) in [7, 11) is -11.1. The smallest absolute Gasteiger partial charge is 0.430 e. The Morgan fingerprint density at radius 1 is 1.18 bits per heavy atom. The Morgan fingerprint density at radius 2 is 1.64 bits per heavy atom. The van der Waals surface area contributed by atoms with Crippen LogP contribution >= 0.6 is 15.6 Å². The Balaban J connectivity index is 4.14. The van der Waals surface area contributed by atoms with Crippen molar-refractivity contribution in [3.63, 3.8) is 0 Å². The number of hydrogen-bond donors (Lipinski definition) is 4. The third-order valence-corrected chi connectivity index (χ3v) is 2.55. The van der Waals surface area contributed by atoms with Crippen LogP contribution in [0.2, 0.25) is 0 Å². The molecular weight excluding hydrogens is 201 g/mol. The van der Waals surface area contributed by atoms with Crippen molar-refractivity contribution in [3.05, 3.63) is 0 Å². The molecule has 11 heavy (non-hydrogen) atoms. The van der Waals surface area contributed by atoms with Gasteiger partial charge >= 0.3 is 23.3 Å². The molecule has 0 aliphatic carbocycles. The van der Waals surface area contributed by atoms with E-state index >= 15 is 0 Å². The molecule has 0 fully saturated rings. The van der Waals surface area contributed by atoms with Crippen LogP contribution in [-0.4, -0.2) is 27.4 Å². The highest BCUT2D eigenvalue weighted by Gasteiger charge is 2.31. The zero-order valence-electron chi connectivity index (χ0n) is 5.02. The second-order valence-corrected chi connectivity index (χ2v) is 4.13. The van der Waals surface area contributed by atoms with Gasteiger partial charge in [-0.2, -0.15) is 4.31 Å². The summed E-state index contributed by atoms with van der Waals surface area (Å²) < 4.78 is 27.0. The summed E-state index contributed by atoms with van der Waals surface area (Å²) in [5, 5.41) is 7.91. The molecule has 0 radical (unpaired) electrons. The third-order valence-electron chi connectivity index (χ3n) is 0.430. The van der Waals surface area contributed by atoms with Gasteiger partial charge in [0, 0.05) is 0 Å². The molecule has 0 rings (SSSR count). The Morgan fingerprint density at radius 3 is 1.91 bits per heavy atom. The average Bonchev–Trinajstić information content (AvgIpc) is 1.55. The van der Waals surface area contributed by atoms with Gasteiger partial charge in [0.15, 0.2) is 0 Å². The van der Waals surface area contributed by atoms with Gasteiger partial charge in [-0.1, -0.05) is 0 Å². The summed E-state index contributed by atoms with van der Waals surface area (Å²) in [6.07, 6.45) is 0. The standard InChI is InChI=1S/BH5O8P2/c2-1-8-11(6,7)9-10(3,4)5/h1-2H,(H,6,7)(H2,3,4,5). The van der Waals surface area contributed by atoms with E-state index < -0.39 is 23.3 Å². The summed E-state index contributed by atoms with van der Waals surface area (Å²) in [5.41, 5.74) is 0. The molecule has 0 aromatic carbocycles. The van der Waals surface area contributed by atoms with Gasteiger partial charge in [0.05, 0.1) is 0 Å². The monoisotopic (exact) mass is 206 g/mol. The van der Waals surface area contributed by atoms with Crippen molar-refractivity contribution in [1.29, 1.82) is 0 Å². The molecule has 0 heterocycles. The number of rotatable bonds is 4. The van der Waals surface area contributed by atoms with Gasteiger partial charge in [0.1, 0.15) is 0 Å². The molecule has 1 unspecified atom stereocenters. The predicted octanol–water partition coefficient (Wildman–Crippen LogP) is -1.53. The van der Waals surface area contributed by atoms with E-state index in [0.717, 1.165) is 0 Å². The largest absolute Gasteiger partial charge is 0.478 e. The molecule has 0 spiro atoms. The molecule has 66 valence electrons. The van der Waals surface area contributed by atoms with Crippen molar-refractivity contribution in [2.75, 3.05) is 0 Å². The van der Waals surface area contributed by atoms with Gasteiger partial charge in [-0.05, 0) is 0 Å². The van der Waals surface area contributed by atoms with Gasteiger partial charge < -0.3 is 24.1 Å². The first kappa shape index (κ1) is 11.3. The summed E-state index contributed by atoms with van der Waals surface area (Å²) in [5.74, 6) is 0. The summed E-state index contributed by atoms with van der Waals surface area (Å²) in [6.45, 7) is 0. The fourth-order valence-electron chi connectivity index (χ4n) is 0.231. The van der Waals surface area contributed by atoms with E-state index in [2.05, 4.69) is 8.75 Å². The van der Waals surface area contributed by atoms with E-state index in [1.165, 1.54) is 0 Å². The maximum absolute atomic E-state index is 10.3. The van der Waals surface area contributed by atoms with Gasteiger partial charge in [0.2, 0.25) is 0 Å². The van der Waals surface area contributed by atoms with E-state index in [-0.39, 0.29) is 0 Å². The SMILES string of the molecule is O=P(O)(O)OP(=O)(O)OBO. The fraction of sp³-hybridized carbons (Fsp3) is 0. The van der Waals surface area contributed by atoms with Crippen molar-refractivity contribution in [2.45, 2.75) is 0 Å². The van der Waals surface area contributed by atoms with Crippen LogP contribution in [0.25, 0.3) is 0 Å². The minimum atomic E-state index is -5.07. The lowest BCUT2D eigenvalue weighted by Crippen LogP contribution is -1.97. The van der Waals surface area contributed by atoms with Crippen molar-refractivity contribution in [3.8, 4) is 0 Å². The zero-order valence-corrected chi connectivity index (χ0v) is 6.81. The quantitative estimate of drug-likeness (QED) is 0.321. The lowest BCUT2D eigenvalue weighted by molar-refractivity contribution is 0.225. The minimum Gasteiger partial charge on any atom is -0.430 e. The molecule has 0 aromatic rings. The second-order valence-electron chi connectivity index (χ2n) is 1.30. The zero-order chi connectivity index (χ0) is 9.12. The van der Waals surface area contributed by atoms with Crippen LogP contribution in [0, 0.1) is 0 Å². The van der Waals surface area contributed by atoms with Gasteiger partial charge in [-0.3, -0.25) is 0 Å². The first-order valence-electron chi connectivity index (χ1n) is 2.12. The fourth-order valence-corrected chi connectivity index (χ4v) is 1.64. The number of phosphoric acid groups is 2. The van der Waals surface area contributed by atoms with Crippen molar-refractivity contribution in [2.24, 2.45) is 0 Å². The Bertz CT molecular complexity index is 202. The van der Waals surface area contributed by atoms with Crippen LogP contribution < -0.4 is 0 Å². The molecule has 4 N–H and O–H groups in total. The second kappa shape index (κ2) is 3.80. The summed E-state index contributed by atoms with van der Waals surface area (Å²) in [4.78, 5) is 24.3. The van der Waals surface area contributed by atoms with E-state index in [1.807, 2.05) is 0 Å². The van der Waals surface area contributed by atoms with Crippen molar-refractivity contribution < 1.29 is 37.6 Å². The first-order valence-corrected chi connectivity index (χ1v) is 5.14. The minimum absolute atomic E-state index is 1.17. The maximum Gasteiger partial charge on any atom is 0.478 e. The van der Waals surface area contributed by atoms with Gasteiger partial charge in [-0.15, -0.1) is 0 Å². The van der Waals surface area contributed by atoms with Crippen LogP contribution in [0.3, 0.4) is 0 Å². The Labute approximate surface area is 61.9 Å². The predicted molar refractivity (Wildman–Crippen MR) is 33.4 cm³/mol. The normalized spacial score (nSPS) is 17.5. The molecule has 0 aromatic heterocycles. The van der Waals surface area contributed by atoms with E-state index in [9.17, 15) is 9.13 Å². The first-order chi connectivity index (χ1) is 4.77. The molecule has 1 atom stereocenters. The lowest BCUT2D eigenvalue weighted by Gasteiger charge is -2.09. The maximum atomic E-state index is 10.3. The summed E-state index contributed by atoms with van der Waals surface area (Å²) in [6, 6.07) is 0. The molecule has 0 amide bonds. The molecule has 8 nitrogen and oxygen atoms in total. The van der Waals surface area contributed by atoms with Gasteiger partial charge in [-0.25, -0.2) is 9.13 Å². The Hall–Kier alpha value is 0.285. The third kappa shape index (κ3) is 6.67. The molecule has 0 bridgehead atoms. The van der Waals surface area contributed by atoms with Crippen molar-refractivity contribution in [1.82, 2.24) is 0 Å². The average molecular weight is 206 g/mol. The lowest BCUT2D eigenvalue weighted by atomic mass is 10.5. The van der Waals surface area contributed by atoms with E-state index in [4.69, 9.17) is 19.7 Å². The molecular formula is H5BO8P2. The van der Waals surface area contributed by atoms with Crippen LogP contribution in [0.4, 0.5) is 0 Å². The molecule has 11 heteroatoms. The Kier molecular flexibility index (Phi) is 3.89. The summed E-state index contributed by atoms with van der Waals surface area (Å²) >= 11 is 0. The van der Waals surface area contributed by atoms with Crippen LogP contribution in [-0.2, 0) is 17.9 Å². The van der Waals surface area contributed by atoms with E-state index in [0.29, 0.717) is 0 Å². The topological polar surface area (TPSA) is 134 Å². The molecule has 0 aliphatic rings. The number of hydrogen-bond acceptors (Lipinski definition) is 5. The molecule has 0 saturated heterocycles. The van der Waals surface area contributed by atoms with Crippen LogP contribution in [0.1, 0.15) is 0 Å². The van der Waals surface area contributed by atoms with E-state index in [1.54, 1.807) is 0 Å². The van der Waals surface area contributed by atoms with Gasteiger partial charge in [0.25, 0.3) is 0 Å². The highest BCUT2D eigenvalue weighted by atomic mass is 31.3. The van der Waals surface area contributed by atoms with Crippen LogP contribution in [0.5, 0.6) is 0 Å². The molecule has 0 saturated carbocycles. The highest BCUT2D eigenvalue weighted by molar-refractivity contribution is 7.61. The highest BCUT2D eigenvalue weighted by Crippen LogP contribution is 2.57. The van der Waals surface area contributed by atoms with Crippen LogP contribution in [0.15, 0.2) is 0 Å².